The summed E-state index contributed by atoms with van der Waals surface area (Å²) in [4.78, 5) is 38.2. The fourth-order valence-electron chi connectivity index (χ4n) is 2.66. The Kier molecular flexibility index (Phi) is 7.66. The van der Waals surface area contributed by atoms with Crippen molar-refractivity contribution in [1.82, 2.24) is 15.5 Å². The van der Waals surface area contributed by atoms with Gasteiger partial charge in [0.25, 0.3) is 0 Å². The van der Waals surface area contributed by atoms with E-state index in [2.05, 4.69) is 10.6 Å². The van der Waals surface area contributed by atoms with Crippen molar-refractivity contribution in [2.45, 2.75) is 85.0 Å². The normalized spacial score (nSPS) is 19.3. The van der Waals surface area contributed by atoms with Crippen LogP contribution in [0.15, 0.2) is 11.6 Å². The van der Waals surface area contributed by atoms with Gasteiger partial charge in [0.05, 0.1) is 6.04 Å². The fourth-order valence-corrected chi connectivity index (χ4v) is 2.66. The summed E-state index contributed by atoms with van der Waals surface area (Å²) >= 11 is 0. The molecule has 0 aromatic heterocycles. The van der Waals surface area contributed by atoms with Gasteiger partial charge in [-0.25, -0.2) is 4.79 Å². The van der Waals surface area contributed by atoms with E-state index in [1.54, 1.807) is 24.8 Å². The Morgan fingerprint density at radius 2 is 1.77 bits per heavy atom. The predicted molar refractivity (Wildman–Crippen MR) is 101 cm³/mol. The monoisotopic (exact) mass is 367 g/mol. The molecule has 2 atom stereocenters. The Balaban J connectivity index is 2.70. The average Bonchev–Trinajstić information content (AvgIpc) is 2.92. The first-order chi connectivity index (χ1) is 11.9. The molecule has 2 unspecified atom stereocenters. The number of nitrogens with one attached hydrogen (secondary N) is 2. The summed E-state index contributed by atoms with van der Waals surface area (Å²) in [6, 6.07) is -0.784. The first-order valence-corrected chi connectivity index (χ1v) is 9.20. The van der Waals surface area contributed by atoms with Crippen LogP contribution in [-0.4, -0.2) is 53.1 Å². The van der Waals surface area contributed by atoms with E-state index in [1.165, 1.54) is 0 Å². The minimum absolute atomic E-state index is 0.0133. The highest BCUT2D eigenvalue weighted by Crippen LogP contribution is 2.22. The van der Waals surface area contributed by atoms with Gasteiger partial charge in [-0.05, 0) is 61.3 Å². The molecule has 1 fully saturated rings. The molecule has 1 aliphatic heterocycles. The van der Waals surface area contributed by atoms with Crippen LogP contribution >= 0.6 is 0 Å². The van der Waals surface area contributed by atoms with E-state index in [1.807, 2.05) is 34.6 Å². The second kappa shape index (κ2) is 9.05. The Hall–Kier alpha value is -2.05. The Bertz CT molecular complexity index is 564. The maximum atomic E-state index is 12.3. The largest absolute Gasteiger partial charge is 0.444 e. The van der Waals surface area contributed by atoms with Crippen molar-refractivity contribution in [2.24, 2.45) is 0 Å². The van der Waals surface area contributed by atoms with Crippen LogP contribution in [0.25, 0.3) is 0 Å². The lowest BCUT2D eigenvalue weighted by Gasteiger charge is -2.27. The van der Waals surface area contributed by atoms with E-state index in [0.717, 1.165) is 12.8 Å². The second-order valence-corrected chi connectivity index (χ2v) is 8.09. The van der Waals surface area contributed by atoms with E-state index in [9.17, 15) is 14.4 Å². The number of amides is 3. The van der Waals surface area contributed by atoms with Gasteiger partial charge in [-0.1, -0.05) is 6.08 Å². The number of rotatable bonds is 5. The van der Waals surface area contributed by atoms with Crippen molar-refractivity contribution in [3.05, 3.63) is 11.6 Å². The highest BCUT2D eigenvalue weighted by Gasteiger charge is 2.31. The van der Waals surface area contributed by atoms with E-state index in [-0.39, 0.29) is 30.0 Å². The van der Waals surface area contributed by atoms with Gasteiger partial charge in [-0.15, -0.1) is 0 Å². The topological polar surface area (TPSA) is 87.7 Å². The number of carbonyl (C=O) groups is 3. The molecule has 0 bridgehead atoms. The molecule has 1 aliphatic rings. The molecule has 0 radical (unpaired) electrons. The van der Waals surface area contributed by atoms with Crippen LogP contribution in [0.4, 0.5) is 4.79 Å². The lowest BCUT2D eigenvalue weighted by atomic mass is 10.1. The molecule has 0 aromatic carbocycles. The molecule has 148 valence electrons. The zero-order chi connectivity index (χ0) is 20.1. The van der Waals surface area contributed by atoms with Crippen LogP contribution in [0, 0.1) is 0 Å². The van der Waals surface area contributed by atoms with Gasteiger partial charge < -0.3 is 20.3 Å². The second-order valence-electron chi connectivity index (χ2n) is 8.09. The van der Waals surface area contributed by atoms with Crippen LogP contribution in [-0.2, 0) is 14.3 Å². The molecule has 3 amide bonds. The fraction of sp³-hybridized carbons (Fsp3) is 0.737. The molecule has 1 saturated heterocycles. The maximum absolute atomic E-state index is 12.3. The summed E-state index contributed by atoms with van der Waals surface area (Å²) in [5.41, 5.74) is -0.0748. The van der Waals surface area contributed by atoms with E-state index < -0.39 is 11.6 Å². The van der Waals surface area contributed by atoms with Gasteiger partial charge in [-0.3, -0.25) is 9.59 Å². The number of ether oxygens (including phenoxy) is 1. The summed E-state index contributed by atoms with van der Waals surface area (Å²) in [6.45, 7) is 13.2. The van der Waals surface area contributed by atoms with Crippen LogP contribution in [0.5, 0.6) is 0 Å². The van der Waals surface area contributed by atoms with E-state index in [4.69, 9.17) is 4.74 Å². The summed E-state index contributed by atoms with van der Waals surface area (Å²) in [5.74, 6) is -0.537. The van der Waals surface area contributed by atoms with Crippen LogP contribution in [0.1, 0.15) is 61.3 Å². The third-order valence-electron chi connectivity index (χ3n) is 3.90. The lowest BCUT2D eigenvalue weighted by Crippen LogP contribution is -2.47. The molecule has 0 aliphatic carbocycles. The number of carbonyl (C=O) groups excluding carboxylic acids is 3. The highest BCUT2D eigenvalue weighted by molar-refractivity contribution is 5.96. The number of hydrogen-bond donors (Lipinski definition) is 2. The summed E-state index contributed by atoms with van der Waals surface area (Å²) < 4.78 is 5.43. The molecule has 7 nitrogen and oxygen atoms in total. The van der Waals surface area contributed by atoms with Crippen molar-refractivity contribution in [2.75, 3.05) is 6.54 Å². The standard InChI is InChI=1S/C19H33N3O4/c1-12(2)20-17(24)14(4)21-16(23)13(3)11-15-9-8-10-22(15)18(25)26-19(5,6)7/h11-12,14-15H,8-10H2,1-7H3,(H,20,24)(H,21,23)/b13-11+. The summed E-state index contributed by atoms with van der Waals surface area (Å²) in [5, 5.41) is 5.45. The molecule has 0 aromatic rings. The van der Waals surface area contributed by atoms with Gasteiger partial charge in [0.1, 0.15) is 11.6 Å². The molecule has 7 heteroatoms. The molecular weight excluding hydrogens is 334 g/mol. The SMILES string of the molecule is C/C(=C\C1CCCN1C(=O)OC(C)(C)C)C(=O)NC(C)C(=O)NC(C)C. The summed E-state index contributed by atoms with van der Waals surface area (Å²) in [7, 11) is 0. The molecule has 26 heavy (non-hydrogen) atoms. The number of likely N-dealkylation sites (tertiary alicyclic amines) is 1. The maximum Gasteiger partial charge on any atom is 0.410 e. The van der Waals surface area contributed by atoms with Crippen molar-refractivity contribution < 1.29 is 19.1 Å². The Morgan fingerprint density at radius 1 is 1.15 bits per heavy atom. The van der Waals surface area contributed by atoms with Gasteiger partial charge in [0.15, 0.2) is 0 Å². The molecule has 1 heterocycles. The third-order valence-corrected chi connectivity index (χ3v) is 3.90. The van der Waals surface area contributed by atoms with Crippen LogP contribution < -0.4 is 10.6 Å². The van der Waals surface area contributed by atoms with E-state index in [0.29, 0.717) is 12.1 Å². The number of hydrogen-bond acceptors (Lipinski definition) is 4. The smallest absolute Gasteiger partial charge is 0.410 e. The molecular formula is C19H33N3O4. The highest BCUT2D eigenvalue weighted by atomic mass is 16.6. The zero-order valence-electron chi connectivity index (χ0n) is 17.0. The molecule has 1 rings (SSSR count). The molecule has 0 spiro atoms. The Labute approximate surface area is 156 Å². The van der Waals surface area contributed by atoms with Gasteiger partial charge in [0, 0.05) is 18.2 Å². The molecule has 0 saturated carbocycles. The minimum Gasteiger partial charge on any atom is -0.444 e. The van der Waals surface area contributed by atoms with Crippen molar-refractivity contribution in [3.63, 3.8) is 0 Å². The van der Waals surface area contributed by atoms with Gasteiger partial charge in [0.2, 0.25) is 11.8 Å². The predicted octanol–water partition coefficient (Wildman–Crippen LogP) is 2.36. The first-order valence-electron chi connectivity index (χ1n) is 9.20. The van der Waals surface area contributed by atoms with Crippen molar-refractivity contribution >= 4 is 17.9 Å². The van der Waals surface area contributed by atoms with Crippen molar-refractivity contribution in [1.29, 1.82) is 0 Å². The Morgan fingerprint density at radius 3 is 2.31 bits per heavy atom. The molecule has 2 N–H and O–H groups in total. The minimum atomic E-state index is -0.626. The quantitative estimate of drug-likeness (QED) is 0.730. The van der Waals surface area contributed by atoms with Gasteiger partial charge >= 0.3 is 6.09 Å². The van der Waals surface area contributed by atoms with E-state index >= 15 is 0 Å². The number of nitrogens with zero attached hydrogens (tertiary/aromatic N) is 1. The zero-order valence-corrected chi connectivity index (χ0v) is 17.0. The average molecular weight is 367 g/mol. The first kappa shape index (κ1) is 22.0. The lowest BCUT2D eigenvalue weighted by molar-refractivity contribution is -0.127. The van der Waals surface area contributed by atoms with Crippen molar-refractivity contribution in [3.8, 4) is 0 Å². The summed E-state index contributed by atoms with van der Waals surface area (Å²) in [6.07, 6.45) is 3.06. The van der Waals surface area contributed by atoms with Gasteiger partial charge in [-0.2, -0.15) is 0 Å². The van der Waals surface area contributed by atoms with Crippen LogP contribution in [0.2, 0.25) is 0 Å². The van der Waals surface area contributed by atoms with Crippen LogP contribution in [0.3, 0.4) is 0 Å². The third kappa shape index (κ3) is 7.06.